The number of urea groups is 1. The second-order valence-corrected chi connectivity index (χ2v) is 9.79. The zero-order valence-electron chi connectivity index (χ0n) is 18.5. The Morgan fingerprint density at radius 1 is 1.24 bits per heavy atom. The number of amidine groups is 1. The van der Waals surface area contributed by atoms with Gasteiger partial charge in [-0.05, 0) is 44.9 Å². The highest BCUT2D eigenvalue weighted by molar-refractivity contribution is 6.18. The molecule has 7 heteroatoms. The molecule has 1 aromatic heterocycles. The molecule has 1 fully saturated rings. The Balaban J connectivity index is 1.73. The number of anilines is 1. The van der Waals surface area contributed by atoms with E-state index >= 15 is 0 Å². The van der Waals surface area contributed by atoms with Gasteiger partial charge in [0.2, 0.25) is 0 Å². The van der Waals surface area contributed by atoms with Gasteiger partial charge < -0.3 is 10.1 Å². The number of H-pyrrole nitrogens is 1. The minimum atomic E-state index is -0.591. The summed E-state index contributed by atoms with van der Waals surface area (Å²) >= 11 is 0. The highest BCUT2D eigenvalue weighted by Crippen LogP contribution is 2.43. The molecular formula is C22H35N5O2. The van der Waals surface area contributed by atoms with E-state index in [9.17, 15) is 9.90 Å². The number of nitrogens with zero attached hydrogens (tertiary/aromatic N) is 4. The molecule has 1 aromatic rings. The number of amides is 2. The van der Waals surface area contributed by atoms with Gasteiger partial charge in [0.05, 0.1) is 18.2 Å². The van der Waals surface area contributed by atoms with Crippen molar-refractivity contribution >= 4 is 17.7 Å². The molecule has 1 saturated carbocycles. The monoisotopic (exact) mass is 401 g/mol. The molecule has 3 heterocycles. The number of hydrogen-bond donors (Lipinski definition) is 2. The van der Waals surface area contributed by atoms with E-state index in [2.05, 4.69) is 32.7 Å². The number of hydrogen-bond acceptors (Lipinski definition) is 4. The van der Waals surface area contributed by atoms with Gasteiger partial charge >= 0.3 is 6.03 Å². The predicted octanol–water partition coefficient (Wildman–Crippen LogP) is 3.82. The SMILES string of the molecule is CCCN1C(=O)N2C[C@H](C(C)CC)N=C2c2[nH]c(C3(C)CCC(C)(O)CC3)nc21. The Morgan fingerprint density at radius 3 is 2.55 bits per heavy atom. The summed E-state index contributed by atoms with van der Waals surface area (Å²) in [6, 6.07) is 0.138. The van der Waals surface area contributed by atoms with Gasteiger partial charge in [0.25, 0.3) is 0 Å². The van der Waals surface area contributed by atoms with E-state index in [-0.39, 0.29) is 17.5 Å². The minimum Gasteiger partial charge on any atom is -0.390 e. The van der Waals surface area contributed by atoms with E-state index in [1.807, 2.05) is 16.7 Å². The molecule has 3 aliphatic rings. The first-order valence-electron chi connectivity index (χ1n) is 11.2. The van der Waals surface area contributed by atoms with Crippen LogP contribution in [0.3, 0.4) is 0 Å². The van der Waals surface area contributed by atoms with Crippen LogP contribution in [0.1, 0.15) is 84.7 Å². The lowest BCUT2D eigenvalue weighted by molar-refractivity contribution is 0.00179. The molecule has 0 spiro atoms. The molecule has 7 nitrogen and oxygen atoms in total. The standard InChI is InChI=1S/C22H35N5O2/c1-6-12-26-18-16(17-23-15(14(3)7-2)13-27(17)20(26)28)24-19(25-18)21(4)8-10-22(5,29)11-9-21/h14-15,29H,6-13H2,1-5H3,(H,24,25)/t14?,15-,21?,22?/m1/s1. The fraction of sp³-hybridized carbons (Fsp3) is 0.773. The van der Waals surface area contributed by atoms with Crippen LogP contribution in [0.25, 0.3) is 0 Å². The topological polar surface area (TPSA) is 84.8 Å². The molecule has 0 saturated heterocycles. The fourth-order valence-electron chi connectivity index (χ4n) is 4.73. The molecule has 0 aromatic carbocycles. The summed E-state index contributed by atoms with van der Waals surface area (Å²) in [5.41, 5.74) is 0.171. The summed E-state index contributed by atoms with van der Waals surface area (Å²) in [6.45, 7) is 11.9. The molecule has 1 aliphatic carbocycles. The first kappa shape index (κ1) is 20.4. The van der Waals surface area contributed by atoms with E-state index in [1.54, 1.807) is 0 Å². The third kappa shape index (κ3) is 3.37. The zero-order chi connectivity index (χ0) is 21.0. The number of rotatable bonds is 5. The number of aromatic amines is 1. The van der Waals surface area contributed by atoms with Gasteiger partial charge in [0.15, 0.2) is 11.7 Å². The van der Waals surface area contributed by atoms with Crippen LogP contribution < -0.4 is 4.90 Å². The number of nitrogens with one attached hydrogen (secondary N) is 1. The van der Waals surface area contributed by atoms with Crippen LogP contribution in [0, 0.1) is 5.92 Å². The Bertz CT molecular complexity index is 817. The quantitative estimate of drug-likeness (QED) is 0.786. The summed E-state index contributed by atoms with van der Waals surface area (Å²) in [5.74, 6) is 2.84. The lowest BCUT2D eigenvalue weighted by atomic mass is 9.70. The van der Waals surface area contributed by atoms with Crippen LogP contribution >= 0.6 is 0 Å². The predicted molar refractivity (Wildman–Crippen MR) is 115 cm³/mol. The molecule has 160 valence electrons. The number of fused-ring (bicyclic) bond motifs is 3. The fourth-order valence-corrected chi connectivity index (χ4v) is 4.73. The molecule has 1 unspecified atom stereocenters. The lowest BCUT2D eigenvalue weighted by Gasteiger charge is -2.39. The van der Waals surface area contributed by atoms with E-state index in [4.69, 9.17) is 9.98 Å². The van der Waals surface area contributed by atoms with Crippen LogP contribution in [0.15, 0.2) is 4.99 Å². The van der Waals surface area contributed by atoms with Crippen molar-refractivity contribution in [1.82, 2.24) is 14.9 Å². The van der Waals surface area contributed by atoms with Crippen molar-refractivity contribution < 1.29 is 9.90 Å². The maximum Gasteiger partial charge on any atom is 0.331 e. The third-order valence-electron chi connectivity index (χ3n) is 7.29. The third-order valence-corrected chi connectivity index (χ3v) is 7.29. The van der Waals surface area contributed by atoms with Gasteiger partial charge in [-0.2, -0.15) is 0 Å². The number of imidazole rings is 1. The minimum absolute atomic E-state index is 0.00122. The molecule has 2 atom stereocenters. The first-order chi connectivity index (χ1) is 13.7. The maximum absolute atomic E-state index is 13.3. The molecule has 2 amide bonds. The molecule has 4 rings (SSSR count). The van der Waals surface area contributed by atoms with Crippen molar-refractivity contribution in [2.75, 3.05) is 18.0 Å². The van der Waals surface area contributed by atoms with Crippen LogP contribution in [-0.2, 0) is 5.41 Å². The first-order valence-corrected chi connectivity index (χ1v) is 11.2. The average molecular weight is 402 g/mol. The summed E-state index contributed by atoms with van der Waals surface area (Å²) < 4.78 is 0. The van der Waals surface area contributed by atoms with Crippen LogP contribution in [0.2, 0.25) is 0 Å². The van der Waals surface area contributed by atoms with E-state index in [0.717, 1.165) is 61.7 Å². The zero-order valence-corrected chi connectivity index (χ0v) is 18.5. The van der Waals surface area contributed by atoms with E-state index in [0.29, 0.717) is 19.0 Å². The van der Waals surface area contributed by atoms with Gasteiger partial charge in [0.1, 0.15) is 11.5 Å². The summed E-state index contributed by atoms with van der Waals surface area (Å²) in [7, 11) is 0. The second kappa shape index (κ2) is 7.11. The van der Waals surface area contributed by atoms with Gasteiger partial charge in [-0.15, -0.1) is 0 Å². The molecule has 2 N–H and O–H groups in total. The van der Waals surface area contributed by atoms with Crippen molar-refractivity contribution in [3.8, 4) is 0 Å². The number of carbonyl (C=O) groups is 1. The summed E-state index contributed by atoms with van der Waals surface area (Å²) in [4.78, 5) is 30.4. The van der Waals surface area contributed by atoms with E-state index < -0.39 is 5.60 Å². The molecular weight excluding hydrogens is 366 g/mol. The Kier molecular flexibility index (Phi) is 5.00. The molecule has 2 aliphatic heterocycles. The lowest BCUT2D eigenvalue weighted by Crippen LogP contribution is -2.50. The smallest absolute Gasteiger partial charge is 0.331 e. The Hall–Kier alpha value is -1.89. The summed E-state index contributed by atoms with van der Waals surface area (Å²) in [5, 5.41) is 10.4. The van der Waals surface area contributed by atoms with Crippen molar-refractivity contribution in [3.63, 3.8) is 0 Å². The molecule has 29 heavy (non-hydrogen) atoms. The highest BCUT2D eigenvalue weighted by atomic mass is 16.3. The Labute approximate surface area is 173 Å². The van der Waals surface area contributed by atoms with Crippen molar-refractivity contribution in [3.05, 3.63) is 11.5 Å². The number of aliphatic imine (C=N–C) groups is 1. The normalized spacial score (nSPS) is 32.8. The number of carbonyl (C=O) groups excluding carboxylic acids is 1. The second-order valence-electron chi connectivity index (χ2n) is 9.79. The van der Waals surface area contributed by atoms with Crippen LogP contribution in [0.4, 0.5) is 10.6 Å². The highest BCUT2D eigenvalue weighted by Gasteiger charge is 2.46. The van der Waals surface area contributed by atoms with E-state index in [1.165, 1.54) is 0 Å². The van der Waals surface area contributed by atoms with Crippen molar-refractivity contribution in [2.45, 2.75) is 90.2 Å². The van der Waals surface area contributed by atoms with Gasteiger partial charge in [-0.3, -0.25) is 14.8 Å². The Morgan fingerprint density at radius 2 is 1.93 bits per heavy atom. The number of aliphatic hydroxyl groups is 1. The largest absolute Gasteiger partial charge is 0.390 e. The van der Waals surface area contributed by atoms with Gasteiger partial charge in [-0.25, -0.2) is 9.78 Å². The summed E-state index contributed by atoms with van der Waals surface area (Å²) in [6.07, 6.45) is 5.19. The van der Waals surface area contributed by atoms with Gasteiger partial charge in [0, 0.05) is 12.0 Å². The number of aromatic nitrogens is 2. The average Bonchev–Trinajstić information content (AvgIpc) is 3.32. The maximum atomic E-state index is 13.3. The van der Waals surface area contributed by atoms with Crippen LogP contribution in [0.5, 0.6) is 0 Å². The van der Waals surface area contributed by atoms with Gasteiger partial charge in [-0.1, -0.05) is 34.1 Å². The van der Waals surface area contributed by atoms with Crippen molar-refractivity contribution in [1.29, 1.82) is 0 Å². The van der Waals surface area contributed by atoms with Crippen molar-refractivity contribution in [2.24, 2.45) is 10.9 Å². The molecule has 0 radical (unpaired) electrons. The molecule has 0 bridgehead atoms. The van der Waals surface area contributed by atoms with Crippen LogP contribution in [-0.4, -0.2) is 56.6 Å².